The summed E-state index contributed by atoms with van der Waals surface area (Å²) in [5.74, 6) is 0.367. The zero-order valence-corrected chi connectivity index (χ0v) is 7.87. The molecule has 0 heterocycles. The maximum absolute atomic E-state index is 9.70. The molecule has 1 rings (SSSR count). The molecule has 0 amide bonds. The van der Waals surface area contributed by atoms with E-state index in [1.165, 1.54) is 12.8 Å². The van der Waals surface area contributed by atoms with E-state index in [4.69, 9.17) is 0 Å². The Morgan fingerprint density at radius 3 is 2.33 bits per heavy atom. The maximum Gasteiger partial charge on any atom is 0.0827 e. The van der Waals surface area contributed by atoms with Crippen LogP contribution in [0.3, 0.4) is 0 Å². The predicted octanol–water partition coefficient (Wildman–Crippen LogP) is 1.70. The molecule has 1 fully saturated rings. The third-order valence-electron chi connectivity index (χ3n) is 2.86. The lowest BCUT2D eigenvalue weighted by molar-refractivity contribution is -0.0196. The summed E-state index contributed by atoms with van der Waals surface area (Å²) in [5, 5.41) is 19.2. The minimum Gasteiger partial charge on any atom is -0.390 e. The van der Waals surface area contributed by atoms with E-state index in [0.717, 1.165) is 25.7 Å². The van der Waals surface area contributed by atoms with Crippen molar-refractivity contribution in [1.82, 2.24) is 0 Å². The van der Waals surface area contributed by atoms with E-state index in [2.05, 4.69) is 0 Å². The summed E-state index contributed by atoms with van der Waals surface area (Å²) in [6.45, 7) is 2.03. The highest BCUT2D eigenvalue weighted by Gasteiger charge is 2.27. The molecule has 12 heavy (non-hydrogen) atoms. The largest absolute Gasteiger partial charge is 0.390 e. The molecule has 0 aromatic heterocycles. The minimum atomic E-state index is -0.488. The Balaban J connectivity index is 2.29. The molecule has 0 aliphatic heterocycles. The maximum atomic E-state index is 9.70. The van der Waals surface area contributed by atoms with E-state index in [0.29, 0.717) is 5.92 Å². The smallest absolute Gasteiger partial charge is 0.0827 e. The van der Waals surface area contributed by atoms with Crippen molar-refractivity contribution in [2.45, 2.75) is 57.7 Å². The molecule has 2 unspecified atom stereocenters. The Hall–Kier alpha value is -0.0800. The molecule has 1 aliphatic carbocycles. The number of hydrogen-bond donors (Lipinski definition) is 2. The van der Waals surface area contributed by atoms with E-state index in [9.17, 15) is 10.2 Å². The Bertz CT molecular complexity index is 119. The van der Waals surface area contributed by atoms with Crippen LogP contribution in [0.2, 0.25) is 0 Å². The fourth-order valence-corrected chi connectivity index (χ4v) is 2.08. The van der Waals surface area contributed by atoms with Gasteiger partial charge in [-0.15, -0.1) is 0 Å². The second-order valence-electron chi connectivity index (χ2n) is 3.89. The van der Waals surface area contributed by atoms with E-state index < -0.39 is 12.2 Å². The zero-order valence-electron chi connectivity index (χ0n) is 7.87. The van der Waals surface area contributed by atoms with Crippen LogP contribution in [0.1, 0.15) is 45.4 Å². The molecule has 2 N–H and O–H groups in total. The second-order valence-corrected chi connectivity index (χ2v) is 3.89. The van der Waals surface area contributed by atoms with Gasteiger partial charge in [0.05, 0.1) is 12.2 Å². The van der Waals surface area contributed by atoms with Crippen LogP contribution in [0.15, 0.2) is 0 Å². The molecule has 0 aromatic rings. The lowest BCUT2D eigenvalue weighted by atomic mass is 9.94. The highest BCUT2D eigenvalue weighted by atomic mass is 16.3. The molecule has 0 radical (unpaired) electrons. The minimum absolute atomic E-state index is 0.367. The van der Waals surface area contributed by atoms with Crippen molar-refractivity contribution in [3.63, 3.8) is 0 Å². The molecular weight excluding hydrogens is 152 g/mol. The normalized spacial score (nSPS) is 24.2. The van der Waals surface area contributed by atoms with Gasteiger partial charge >= 0.3 is 0 Å². The molecule has 72 valence electrons. The van der Waals surface area contributed by atoms with E-state index >= 15 is 0 Å². The standard InChI is InChI=1S/C10H20O2/c1-2-5-9(11)10(12)8-6-3-4-7-8/h8-12H,2-7H2,1H3. The average molecular weight is 172 g/mol. The van der Waals surface area contributed by atoms with Crippen molar-refractivity contribution in [3.8, 4) is 0 Å². The third kappa shape index (κ3) is 2.46. The lowest BCUT2D eigenvalue weighted by Crippen LogP contribution is -2.31. The summed E-state index contributed by atoms with van der Waals surface area (Å²) in [6, 6.07) is 0. The molecule has 2 nitrogen and oxygen atoms in total. The first-order valence-corrected chi connectivity index (χ1v) is 5.11. The van der Waals surface area contributed by atoms with Gasteiger partial charge < -0.3 is 10.2 Å². The summed E-state index contributed by atoms with van der Waals surface area (Å²) in [6.07, 6.45) is 5.37. The van der Waals surface area contributed by atoms with Gasteiger partial charge in [0.15, 0.2) is 0 Å². The Labute approximate surface area is 74.6 Å². The van der Waals surface area contributed by atoms with Crippen LogP contribution in [0, 0.1) is 5.92 Å². The summed E-state index contributed by atoms with van der Waals surface area (Å²) in [7, 11) is 0. The van der Waals surface area contributed by atoms with E-state index in [1.807, 2.05) is 6.92 Å². The first-order valence-electron chi connectivity index (χ1n) is 5.11. The Morgan fingerprint density at radius 2 is 1.83 bits per heavy atom. The topological polar surface area (TPSA) is 40.5 Å². The number of rotatable bonds is 4. The first-order chi connectivity index (χ1) is 5.75. The average Bonchev–Trinajstić information content (AvgIpc) is 2.55. The Kier molecular flexibility index (Phi) is 4.02. The van der Waals surface area contributed by atoms with Crippen LogP contribution in [-0.2, 0) is 0 Å². The number of aliphatic hydroxyl groups excluding tert-OH is 2. The molecule has 2 heteroatoms. The van der Waals surface area contributed by atoms with Gasteiger partial charge in [-0.2, -0.15) is 0 Å². The molecular formula is C10H20O2. The summed E-state index contributed by atoms with van der Waals surface area (Å²) < 4.78 is 0. The molecule has 0 bridgehead atoms. The van der Waals surface area contributed by atoms with Gasteiger partial charge in [0, 0.05) is 0 Å². The summed E-state index contributed by atoms with van der Waals surface area (Å²) >= 11 is 0. The fraction of sp³-hybridized carbons (Fsp3) is 1.00. The van der Waals surface area contributed by atoms with Crippen LogP contribution in [0.4, 0.5) is 0 Å². The Morgan fingerprint density at radius 1 is 1.25 bits per heavy atom. The third-order valence-corrected chi connectivity index (χ3v) is 2.86. The molecule has 1 saturated carbocycles. The first kappa shape index (κ1) is 10.0. The highest BCUT2D eigenvalue weighted by molar-refractivity contribution is 4.79. The van der Waals surface area contributed by atoms with Crippen LogP contribution in [0.25, 0.3) is 0 Å². The number of aliphatic hydroxyl groups is 2. The van der Waals surface area contributed by atoms with E-state index in [1.54, 1.807) is 0 Å². The monoisotopic (exact) mass is 172 g/mol. The van der Waals surface area contributed by atoms with Crippen molar-refractivity contribution >= 4 is 0 Å². The lowest BCUT2D eigenvalue weighted by Gasteiger charge is -2.22. The van der Waals surface area contributed by atoms with Crippen LogP contribution in [0.5, 0.6) is 0 Å². The van der Waals surface area contributed by atoms with Crippen LogP contribution < -0.4 is 0 Å². The van der Waals surface area contributed by atoms with Crippen molar-refractivity contribution in [1.29, 1.82) is 0 Å². The van der Waals surface area contributed by atoms with Crippen molar-refractivity contribution in [2.75, 3.05) is 0 Å². The van der Waals surface area contributed by atoms with Gasteiger partial charge in [-0.05, 0) is 25.2 Å². The van der Waals surface area contributed by atoms with Crippen LogP contribution in [-0.4, -0.2) is 22.4 Å². The molecule has 1 aliphatic rings. The molecule has 0 aromatic carbocycles. The predicted molar refractivity (Wildman–Crippen MR) is 48.9 cm³/mol. The van der Waals surface area contributed by atoms with Crippen molar-refractivity contribution < 1.29 is 10.2 Å². The fourth-order valence-electron chi connectivity index (χ4n) is 2.08. The van der Waals surface area contributed by atoms with Crippen molar-refractivity contribution in [2.24, 2.45) is 5.92 Å². The van der Waals surface area contributed by atoms with Gasteiger partial charge in [0.1, 0.15) is 0 Å². The van der Waals surface area contributed by atoms with Gasteiger partial charge in [0.2, 0.25) is 0 Å². The highest BCUT2D eigenvalue weighted by Crippen LogP contribution is 2.29. The molecule has 0 saturated heterocycles. The number of hydrogen-bond acceptors (Lipinski definition) is 2. The van der Waals surface area contributed by atoms with Gasteiger partial charge in [-0.1, -0.05) is 26.2 Å². The summed E-state index contributed by atoms with van der Waals surface area (Å²) in [4.78, 5) is 0. The van der Waals surface area contributed by atoms with Gasteiger partial charge in [-0.25, -0.2) is 0 Å². The molecule has 2 atom stereocenters. The second kappa shape index (κ2) is 4.83. The molecule has 0 spiro atoms. The van der Waals surface area contributed by atoms with Gasteiger partial charge in [-0.3, -0.25) is 0 Å². The van der Waals surface area contributed by atoms with E-state index in [-0.39, 0.29) is 0 Å². The van der Waals surface area contributed by atoms with Crippen molar-refractivity contribution in [3.05, 3.63) is 0 Å². The zero-order chi connectivity index (χ0) is 8.97. The van der Waals surface area contributed by atoms with Crippen LogP contribution >= 0.6 is 0 Å². The SMILES string of the molecule is CCCC(O)C(O)C1CCCC1. The quantitative estimate of drug-likeness (QED) is 0.677. The summed E-state index contributed by atoms with van der Waals surface area (Å²) in [5.41, 5.74) is 0. The van der Waals surface area contributed by atoms with Gasteiger partial charge in [0.25, 0.3) is 0 Å².